The highest BCUT2D eigenvalue weighted by Gasteiger charge is 2.45. The SMILES string of the molecule is Cn1c(=O)oc2cc(C3CN(C(=O)OCc4ccccc4)CC(C)(C)N3C(=O)NCCCCc3ccccc3)ccc21. The Balaban J connectivity index is 1.33. The Bertz CT molecular complexity index is 1580. The second kappa shape index (κ2) is 12.5. The van der Waals surface area contributed by atoms with E-state index < -0.39 is 23.4 Å². The third-order valence-electron chi connectivity index (χ3n) is 7.83. The zero-order chi connectivity index (χ0) is 29.7. The van der Waals surface area contributed by atoms with E-state index >= 15 is 0 Å². The number of nitrogens with one attached hydrogen (secondary N) is 1. The van der Waals surface area contributed by atoms with Crippen LogP contribution in [0.3, 0.4) is 0 Å². The monoisotopic (exact) mass is 570 g/mol. The zero-order valence-corrected chi connectivity index (χ0v) is 24.4. The number of hydrogen-bond donors (Lipinski definition) is 1. The molecule has 1 aromatic heterocycles. The Morgan fingerprint density at radius 2 is 1.67 bits per heavy atom. The summed E-state index contributed by atoms with van der Waals surface area (Å²) in [7, 11) is 1.65. The summed E-state index contributed by atoms with van der Waals surface area (Å²) in [4.78, 5) is 42.6. The summed E-state index contributed by atoms with van der Waals surface area (Å²) in [5.74, 6) is -0.456. The molecule has 9 nitrogen and oxygen atoms in total. The molecule has 2 heterocycles. The van der Waals surface area contributed by atoms with Crippen molar-refractivity contribution in [3.8, 4) is 0 Å². The maximum Gasteiger partial charge on any atom is 0.419 e. The van der Waals surface area contributed by atoms with Crippen LogP contribution in [0.4, 0.5) is 9.59 Å². The number of benzene rings is 3. The second-order valence-corrected chi connectivity index (χ2v) is 11.4. The van der Waals surface area contributed by atoms with Crippen LogP contribution in [0.2, 0.25) is 0 Å². The van der Waals surface area contributed by atoms with Gasteiger partial charge in [-0.25, -0.2) is 14.4 Å². The first kappa shape index (κ1) is 29.0. The zero-order valence-electron chi connectivity index (χ0n) is 24.4. The Kier molecular flexibility index (Phi) is 8.66. The number of amides is 3. The van der Waals surface area contributed by atoms with Crippen LogP contribution in [0.5, 0.6) is 0 Å². The van der Waals surface area contributed by atoms with Gasteiger partial charge in [-0.05, 0) is 61.9 Å². The van der Waals surface area contributed by atoms with Crippen molar-refractivity contribution in [3.05, 3.63) is 106 Å². The van der Waals surface area contributed by atoms with Crippen molar-refractivity contribution in [3.63, 3.8) is 0 Å². The molecule has 0 bridgehead atoms. The van der Waals surface area contributed by atoms with Crippen LogP contribution in [0.15, 0.2) is 88.1 Å². The Morgan fingerprint density at radius 3 is 2.38 bits per heavy atom. The number of oxazole rings is 1. The molecule has 1 saturated heterocycles. The smallest absolute Gasteiger partial charge is 0.419 e. The number of nitrogens with zero attached hydrogens (tertiary/aromatic N) is 3. The first-order chi connectivity index (χ1) is 20.2. The fourth-order valence-electron chi connectivity index (χ4n) is 5.68. The summed E-state index contributed by atoms with van der Waals surface area (Å²) in [6, 6.07) is 24.6. The Labute approximate surface area is 245 Å². The molecule has 42 heavy (non-hydrogen) atoms. The molecule has 220 valence electrons. The normalized spacial score (nSPS) is 16.4. The Hall–Kier alpha value is -4.53. The molecule has 1 fully saturated rings. The minimum absolute atomic E-state index is 0.162. The van der Waals surface area contributed by atoms with E-state index in [0.29, 0.717) is 24.2 Å². The molecule has 0 saturated carbocycles. The van der Waals surface area contributed by atoms with Gasteiger partial charge in [0.25, 0.3) is 0 Å². The number of aromatic nitrogens is 1. The lowest BCUT2D eigenvalue weighted by Gasteiger charge is -2.51. The van der Waals surface area contributed by atoms with Gasteiger partial charge in [0.05, 0.1) is 17.1 Å². The van der Waals surface area contributed by atoms with Gasteiger partial charge in [0.1, 0.15) is 6.61 Å². The van der Waals surface area contributed by atoms with Crippen molar-refractivity contribution in [2.45, 2.75) is 51.3 Å². The Morgan fingerprint density at radius 1 is 0.976 bits per heavy atom. The number of unbranched alkanes of at least 4 members (excludes halogenated alkanes) is 1. The van der Waals surface area contributed by atoms with Crippen molar-refractivity contribution in [1.29, 1.82) is 0 Å². The first-order valence-corrected chi connectivity index (χ1v) is 14.4. The van der Waals surface area contributed by atoms with Gasteiger partial charge >= 0.3 is 17.9 Å². The minimum atomic E-state index is -0.713. The highest BCUT2D eigenvalue weighted by molar-refractivity contribution is 5.78. The summed E-state index contributed by atoms with van der Waals surface area (Å²) in [5, 5.41) is 3.11. The summed E-state index contributed by atoms with van der Waals surface area (Å²) in [6.45, 7) is 5.15. The molecule has 0 spiro atoms. The predicted molar refractivity (Wildman–Crippen MR) is 161 cm³/mol. The van der Waals surface area contributed by atoms with Gasteiger partial charge < -0.3 is 24.3 Å². The molecule has 1 aliphatic rings. The molecule has 4 aromatic rings. The van der Waals surface area contributed by atoms with Crippen molar-refractivity contribution < 1.29 is 18.7 Å². The molecule has 0 radical (unpaired) electrons. The van der Waals surface area contributed by atoms with Gasteiger partial charge in [0.2, 0.25) is 0 Å². The molecule has 1 N–H and O–H groups in total. The summed E-state index contributed by atoms with van der Waals surface area (Å²) in [6.07, 6.45) is 2.32. The van der Waals surface area contributed by atoms with E-state index in [1.165, 1.54) is 10.1 Å². The van der Waals surface area contributed by atoms with E-state index in [4.69, 9.17) is 9.15 Å². The van der Waals surface area contributed by atoms with E-state index in [-0.39, 0.29) is 19.2 Å². The number of aryl methyl sites for hydroxylation is 2. The van der Waals surface area contributed by atoms with E-state index in [9.17, 15) is 14.4 Å². The van der Waals surface area contributed by atoms with Crippen LogP contribution in [-0.4, -0.2) is 51.7 Å². The van der Waals surface area contributed by atoms with Gasteiger partial charge in [0, 0.05) is 26.7 Å². The van der Waals surface area contributed by atoms with Crippen LogP contribution in [-0.2, 0) is 24.8 Å². The van der Waals surface area contributed by atoms with Gasteiger partial charge in [-0.2, -0.15) is 0 Å². The average Bonchev–Trinajstić information content (AvgIpc) is 3.27. The topological polar surface area (TPSA) is 97.0 Å². The third kappa shape index (κ3) is 6.51. The van der Waals surface area contributed by atoms with Crippen LogP contribution in [0.25, 0.3) is 11.1 Å². The lowest BCUT2D eigenvalue weighted by atomic mass is 9.91. The molecular formula is C33H38N4O5. The molecule has 9 heteroatoms. The quantitative estimate of drug-likeness (QED) is 0.277. The van der Waals surface area contributed by atoms with E-state index in [1.807, 2.05) is 79.4 Å². The summed E-state index contributed by atoms with van der Waals surface area (Å²) < 4.78 is 12.6. The summed E-state index contributed by atoms with van der Waals surface area (Å²) in [5.41, 5.74) is 3.33. The fourth-order valence-corrected chi connectivity index (χ4v) is 5.68. The second-order valence-electron chi connectivity index (χ2n) is 11.4. The molecule has 1 unspecified atom stereocenters. The maximum absolute atomic E-state index is 13.7. The van der Waals surface area contributed by atoms with Crippen LogP contribution in [0.1, 0.15) is 49.4 Å². The molecule has 3 aromatic carbocycles. The van der Waals surface area contributed by atoms with Crippen molar-refractivity contribution in [1.82, 2.24) is 19.7 Å². The molecular weight excluding hydrogens is 532 g/mol. The fraction of sp³-hybridized carbons (Fsp3) is 0.364. The first-order valence-electron chi connectivity index (χ1n) is 14.4. The van der Waals surface area contributed by atoms with Crippen molar-refractivity contribution in [2.24, 2.45) is 7.05 Å². The standard InChI is InChI=1S/C33H38N4O5/c1-33(2)23-36(32(40)41-22-25-15-8-5-9-16-25)21-28(26-17-18-27-29(20-26)42-31(39)35(27)3)37(33)30(38)34-19-11-10-14-24-12-6-4-7-13-24/h4-9,12-13,15-18,20,28H,10-11,14,19,21-23H2,1-3H3,(H,34,38). The highest BCUT2D eigenvalue weighted by atomic mass is 16.6. The predicted octanol–water partition coefficient (Wildman–Crippen LogP) is 5.64. The van der Waals surface area contributed by atoms with Crippen LogP contribution in [0, 0.1) is 0 Å². The molecule has 3 amide bonds. The van der Waals surface area contributed by atoms with E-state index in [1.54, 1.807) is 18.0 Å². The van der Waals surface area contributed by atoms with Gasteiger partial charge in [-0.15, -0.1) is 0 Å². The van der Waals surface area contributed by atoms with Crippen LogP contribution < -0.4 is 11.1 Å². The number of ether oxygens (including phenoxy) is 1. The van der Waals surface area contributed by atoms with Gasteiger partial charge in [-0.3, -0.25) is 4.57 Å². The number of hydrogen-bond acceptors (Lipinski definition) is 5. The largest absolute Gasteiger partial charge is 0.445 e. The number of fused-ring (bicyclic) bond motifs is 1. The van der Waals surface area contributed by atoms with Crippen molar-refractivity contribution in [2.75, 3.05) is 19.6 Å². The maximum atomic E-state index is 13.7. The van der Waals surface area contributed by atoms with E-state index in [2.05, 4.69) is 17.4 Å². The summed E-state index contributed by atoms with van der Waals surface area (Å²) >= 11 is 0. The van der Waals surface area contributed by atoms with E-state index in [0.717, 1.165) is 30.4 Å². The molecule has 0 aliphatic carbocycles. The molecule has 5 rings (SSSR count). The van der Waals surface area contributed by atoms with Crippen LogP contribution >= 0.6 is 0 Å². The number of carbonyl (C=O) groups is 2. The molecule has 1 aliphatic heterocycles. The lowest BCUT2D eigenvalue weighted by molar-refractivity contribution is -0.00118. The van der Waals surface area contributed by atoms with Gasteiger partial charge in [0.15, 0.2) is 5.58 Å². The highest BCUT2D eigenvalue weighted by Crippen LogP contribution is 2.36. The molecule has 1 atom stereocenters. The minimum Gasteiger partial charge on any atom is -0.445 e. The number of piperazine rings is 1. The van der Waals surface area contributed by atoms with Gasteiger partial charge in [-0.1, -0.05) is 66.7 Å². The lowest BCUT2D eigenvalue weighted by Crippen LogP contribution is -2.64. The average molecular weight is 571 g/mol. The van der Waals surface area contributed by atoms with Crippen molar-refractivity contribution >= 4 is 23.2 Å². The number of rotatable bonds is 8. The third-order valence-corrected chi connectivity index (χ3v) is 7.83. The number of carbonyl (C=O) groups excluding carboxylic acids is 2. The number of urea groups is 1.